The van der Waals surface area contributed by atoms with E-state index in [1.54, 1.807) is 6.07 Å². The predicted molar refractivity (Wildman–Crippen MR) is 85.5 cm³/mol. The number of anilines is 2. The van der Waals surface area contributed by atoms with Crippen LogP contribution in [0.5, 0.6) is 5.75 Å². The summed E-state index contributed by atoms with van der Waals surface area (Å²) in [6, 6.07) is 13.2. The lowest BCUT2D eigenvalue weighted by Gasteiger charge is -2.12. The first-order valence-electron chi connectivity index (χ1n) is 6.97. The predicted octanol–water partition coefficient (Wildman–Crippen LogP) is 3.16. The van der Waals surface area contributed by atoms with Gasteiger partial charge in [-0.1, -0.05) is 31.2 Å². The second kappa shape index (κ2) is 6.79. The highest BCUT2D eigenvalue weighted by atomic mass is 16.5. The maximum atomic E-state index is 11.9. The molecule has 3 N–H and O–H groups in total. The Morgan fingerprint density at radius 1 is 1.19 bits per heavy atom. The van der Waals surface area contributed by atoms with E-state index < -0.39 is 0 Å². The summed E-state index contributed by atoms with van der Waals surface area (Å²) in [6.07, 6.45) is 0.979. The van der Waals surface area contributed by atoms with Crippen LogP contribution in [0, 0.1) is 6.92 Å². The van der Waals surface area contributed by atoms with E-state index in [1.807, 2.05) is 43.3 Å². The number of carbonyl (C=O) groups excluding carboxylic acids is 1. The first kappa shape index (κ1) is 14.9. The molecule has 0 fully saturated rings. The number of aryl methyl sites for hydroxylation is 2. The normalized spacial score (nSPS) is 10.2. The minimum absolute atomic E-state index is 0.0424. The molecule has 0 radical (unpaired) electrons. The molecule has 2 aromatic carbocycles. The highest BCUT2D eigenvalue weighted by molar-refractivity contribution is 5.95. The van der Waals surface area contributed by atoms with E-state index in [9.17, 15) is 4.79 Å². The average Bonchev–Trinajstić information content (AvgIpc) is 2.49. The van der Waals surface area contributed by atoms with E-state index in [1.165, 1.54) is 5.56 Å². The molecule has 0 aliphatic heterocycles. The Balaban J connectivity index is 1.92. The minimum Gasteiger partial charge on any atom is -0.484 e. The monoisotopic (exact) mass is 284 g/mol. The third-order valence-electron chi connectivity index (χ3n) is 3.27. The summed E-state index contributed by atoms with van der Waals surface area (Å²) < 4.78 is 5.47. The van der Waals surface area contributed by atoms with Crippen LogP contribution >= 0.6 is 0 Å². The Hall–Kier alpha value is -2.49. The Morgan fingerprint density at radius 2 is 1.90 bits per heavy atom. The number of benzene rings is 2. The fourth-order valence-electron chi connectivity index (χ4n) is 2.01. The Kier molecular flexibility index (Phi) is 4.82. The van der Waals surface area contributed by atoms with Gasteiger partial charge in [0.25, 0.3) is 5.91 Å². The Labute approximate surface area is 124 Å². The van der Waals surface area contributed by atoms with Gasteiger partial charge < -0.3 is 15.8 Å². The van der Waals surface area contributed by atoms with Crippen LogP contribution in [0.15, 0.2) is 42.5 Å². The SMILES string of the molecule is CCc1ccc(OCC(=O)Nc2c(C)cccc2N)cc1. The topological polar surface area (TPSA) is 64.3 Å². The van der Waals surface area contributed by atoms with Gasteiger partial charge in [-0.3, -0.25) is 4.79 Å². The Morgan fingerprint density at radius 3 is 2.52 bits per heavy atom. The van der Waals surface area contributed by atoms with Crippen molar-refractivity contribution in [3.05, 3.63) is 53.6 Å². The summed E-state index contributed by atoms with van der Waals surface area (Å²) in [7, 11) is 0. The lowest BCUT2D eigenvalue weighted by Crippen LogP contribution is -2.21. The molecule has 0 atom stereocenters. The van der Waals surface area contributed by atoms with Crippen molar-refractivity contribution in [3.63, 3.8) is 0 Å². The van der Waals surface area contributed by atoms with Crippen molar-refractivity contribution < 1.29 is 9.53 Å². The van der Waals surface area contributed by atoms with Crippen LogP contribution in [0.4, 0.5) is 11.4 Å². The standard InChI is InChI=1S/C17H20N2O2/c1-3-13-7-9-14(10-8-13)21-11-16(20)19-17-12(2)5-4-6-15(17)18/h4-10H,3,11,18H2,1-2H3,(H,19,20). The number of nitrogens with one attached hydrogen (secondary N) is 1. The zero-order valence-electron chi connectivity index (χ0n) is 12.3. The number of nitrogen functional groups attached to an aromatic ring is 1. The summed E-state index contributed by atoms with van der Waals surface area (Å²) in [4.78, 5) is 11.9. The number of carbonyl (C=O) groups is 1. The molecule has 0 spiro atoms. The van der Waals surface area contributed by atoms with Crippen molar-refractivity contribution in [2.24, 2.45) is 0 Å². The van der Waals surface area contributed by atoms with E-state index in [2.05, 4.69) is 12.2 Å². The molecule has 4 heteroatoms. The van der Waals surface area contributed by atoms with Gasteiger partial charge in [-0.25, -0.2) is 0 Å². The molecule has 0 aliphatic carbocycles. The summed E-state index contributed by atoms with van der Waals surface area (Å²) in [5.41, 5.74) is 9.21. The van der Waals surface area contributed by atoms with Gasteiger partial charge in [0.15, 0.2) is 6.61 Å². The Bertz CT molecular complexity index is 601. The molecule has 0 aromatic heterocycles. The molecule has 4 nitrogen and oxygen atoms in total. The second-order valence-corrected chi connectivity index (χ2v) is 4.87. The number of ether oxygens (including phenoxy) is 1. The van der Waals surface area contributed by atoms with Gasteiger partial charge in [0.2, 0.25) is 0 Å². The van der Waals surface area contributed by atoms with Gasteiger partial charge in [-0.2, -0.15) is 0 Å². The molecular weight excluding hydrogens is 264 g/mol. The average molecular weight is 284 g/mol. The van der Waals surface area contributed by atoms with E-state index in [0.717, 1.165) is 12.0 Å². The highest BCUT2D eigenvalue weighted by Gasteiger charge is 2.08. The van der Waals surface area contributed by atoms with Crippen LogP contribution in [0.3, 0.4) is 0 Å². The molecule has 0 saturated carbocycles. The van der Waals surface area contributed by atoms with E-state index in [-0.39, 0.29) is 12.5 Å². The molecule has 0 heterocycles. The number of amides is 1. The summed E-state index contributed by atoms with van der Waals surface area (Å²) in [5, 5.41) is 2.78. The molecule has 0 unspecified atom stereocenters. The molecule has 0 bridgehead atoms. The van der Waals surface area contributed by atoms with Crippen LogP contribution in [-0.2, 0) is 11.2 Å². The lowest BCUT2D eigenvalue weighted by atomic mass is 10.1. The van der Waals surface area contributed by atoms with Crippen LogP contribution < -0.4 is 15.8 Å². The van der Waals surface area contributed by atoms with Gasteiger partial charge in [0.05, 0.1) is 11.4 Å². The lowest BCUT2D eigenvalue weighted by molar-refractivity contribution is -0.118. The summed E-state index contributed by atoms with van der Waals surface area (Å²) in [6.45, 7) is 3.95. The van der Waals surface area contributed by atoms with Gasteiger partial charge in [0.1, 0.15) is 5.75 Å². The van der Waals surface area contributed by atoms with E-state index in [0.29, 0.717) is 17.1 Å². The van der Waals surface area contributed by atoms with Crippen LogP contribution in [0.2, 0.25) is 0 Å². The molecule has 110 valence electrons. The quantitative estimate of drug-likeness (QED) is 0.829. The van der Waals surface area contributed by atoms with Gasteiger partial charge in [-0.15, -0.1) is 0 Å². The smallest absolute Gasteiger partial charge is 0.262 e. The largest absolute Gasteiger partial charge is 0.484 e. The molecular formula is C17H20N2O2. The van der Waals surface area contributed by atoms with Gasteiger partial charge in [0, 0.05) is 0 Å². The number of nitrogens with two attached hydrogens (primary N) is 1. The van der Waals surface area contributed by atoms with Crippen molar-refractivity contribution in [2.45, 2.75) is 20.3 Å². The van der Waals surface area contributed by atoms with Crippen molar-refractivity contribution in [2.75, 3.05) is 17.7 Å². The molecule has 0 saturated heterocycles. The first-order chi connectivity index (χ1) is 10.1. The fraction of sp³-hybridized carbons (Fsp3) is 0.235. The fourth-order valence-corrected chi connectivity index (χ4v) is 2.01. The van der Waals surface area contributed by atoms with Crippen molar-refractivity contribution >= 4 is 17.3 Å². The van der Waals surface area contributed by atoms with Crippen LogP contribution in [0.25, 0.3) is 0 Å². The van der Waals surface area contributed by atoms with E-state index >= 15 is 0 Å². The highest BCUT2D eigenvalue weighted by Crippen LogP contribution is 2.22. The van der Waals surface area contributed by atoms with Crippen LogP contribution in [-0.4, -0.2) is 12.5 Å². The maximum Gasteiger partial charge on any atom is 0.262 e. The molecule has 1 amide bonds. The summed E-state index contributed by atoms with van der Waals surface area (Å²) in [5.74, 6) is 0.454. The number of hydrogen-bond donors (Lipinski definition) is 2. The van der Waals surface area contributed by atoms with Crippen molar-refractivity contribution in [1.29, 1.82) is 0 Å². The minimum atomic E-state index is -0.226. The number of hydrogen-bond acceptors (Lipinski definition) is 3. The molecule has 21 heavy (non-hydrogen) atoms. The third-order valence-corrected chi connectivity index (χ3v) is 3.27. The van der Waals surface area contributed by atoms with Gasteiger partial charge >= 0.3 is 0 Å². The van der Waals surface area contributed by atoms with Crippen molar-refractivity contribution in [3.8, 4) is 5.75 Å². The van der Waals surface area contributed by atoms with Gasteiger partial charge in [-0.05, 0) is 42.7 Å². The van der Waals surface area contributed by atoms with Crippen molar-refractivity contribution in [1.82, 2.24) is 0 Å². The zero-order valence-corrected chi connectivity index (χ0v) is 12.3. The van der Waals surface area contributed by atoms with Crippen LogP contribution in [0.1, 0.15) is 18.1 Å². The zero-order chi connectivity index (χ0) is 15.2. The maximum absolute atomic E-state index is 11.9. The molecule has 2 rings (SSSR count). The first-order valence-corrected chi connectivity index (χ1v) is 6.97. The van der Waals surface area contributed by atoms with E-state index in [4.69, 9.17) is 10.5 Å². The number of rotatable bonds is 5. The number of para-hydroxylation sites is 1. The summed E-state index contributed by atoms with van der Waals surface area (Å²) >= 11 is 0. The second-order valence-electron chi connectivity index (χ2n) is 4.87. The third kappa shape index (κ3) is 3.99. The molecule has 2 aromatic rings. The molecule has 0 aliphatic rings.